The molecule has 0 spiro atoms. The first-order valence-electron chi connectivity index (χ1n) is 6.31. The lowest BCUT2D eigenvalue weighted by Gasteiger charge is -2.19. The summed E-state index contributed by atoms with van der Waals surface area (Å²) in [4.78, 5) is 0. The van der Waals surface area contributed by atoms with Gasteiger partial charge in [-0.3, -0.25) is 0 Å². The molecule has 0 radical (unpaired) electrons. The molecule has 0 N–H and O–H groups in total. The summed E-state index contributed by atoms with van der Waals surface area (Å²) in [5.74, 6) is 1.40. The molecule has 1 atom stereocenters. The van der Waals surface area contributed by atoms with Crippen molar-refractivity contribution in [2.75, 3.05) is 13.2 Å². The summed E-state index contributed by atoms with van der Waals surface area (Å²) < 4.78 is 5.54. The predicted octanol–water partition coefficient (Wildman–Crippen LogP) is 3.72. The highest BCUT2D eigenvalue weighted by molar-refractivity contribution is 5.18. The number of rotatable bonds is 2. The Balaban J connectivity index is 1.97. The molecule has 1 aliphatic heterocycles. The van der Waals surface area contributed by atoms with Gasteiger partial charge in [-0.2, -0.15) is 0 Å². The molecule has 0 aromatic carbocycles. The van der Waals surface area contributed by atoms with Crippen molar-refractivity contribution in [3.05, 3.63) is 23.8 Å². The topological polar surface area (TPSA) is 9.23 Å². The Kier molecular flexibility index (Phi) is 4.01. The fourth-order valence-electron chi connectivity index (χ4n) is 2.70. The maximum atomic E-state index is 5.54. The Morgan fingerprint density at radius 1 is 1.20 bits per heavy atom. The molecular formula is C14H22O. The van der Waals surface area contributed by atoms with E-state index in [1.807, 2.05) is 0 Å². The van der Waals surface area contributed by atoms with E-state index < -0.39 is 0 Å². The summed E-state index contributed by atoms with van der Waals surface area (Å²) in [5, 5.41) is 0. The normalized spacial score (nSPS) is 31.8. The lowest BCUT2D eigenvalue weighted by molar-refractivity contribution is 0.195. The fraction of sp³-hybridized carbons (Fsp3) is 0.714. The van der Waals surface area contributed by atoms with Gasteiger partial charge in [-0.25, -0.2) is 0 Å². The summed E-state index contributed by atoms with van der Waals surface area (Å²) in [7, 11) is 0. The van der Waals surface area contributed by atoms with Crippen LogP contribution in [0, 0.1) is 11.8 Å². The zero-order valence-electron chi connectivity index (χ0n) is 9.74. The van der Waals surface area contributed by atoms with Crippen LogP contribution in [0.3, 0.4) is 0 Å². The average molecular weight is 206 g/mol. The van der Waals surface area contributed by atoms with E-state index in [1.54, 1.807) is 0 Å². The highest BCUT2D eigenvalue weighted by Crippen LogP contribution is 2.29. The molecule has 1 heterocycles. The molecule has 0 bridgehead atoms. The number of hydrogen-bond acceptors (Lipinski definition) is 1. The monoisotopic (exact) mass is 206 g/mol. The highest BCUT2D eigenvalue weighted by atomic mass is 16.5. The lowest BCUT2D eigenvalue weighted by Crippen LogP contribution is -2.06. The van der Waals surface area contributed by atoms with Gasteiger partial charge in [-0.15, -0.1) is 0 Å². The summed E-state index contributed by atoms with van der Waals surface area (Å²) in [6, 6.07) is 0. The molecule has 1 aliphatic carbocycles. The SMILES string of the molecule is C/C=C/C1COC/C1=C\C1CCCCC1. The van der Waals surface area contributed by atoms with E-state index in [1.165, 1.54) is 37.7 Å². The third-order valence-corrected chi connectivity index (χ3v) is 3.57. The van der Waals surface area contributed by atoms with Crippen molar-refractivity contribution in [3.8, 4) is 0 Å². The second kappa shape index (κ2) is 5.50. The van der Waals surface area contributed by atoms with Crippen LogP contribution in [-0.2, 0) is 4.74 Å². The quantitative estimate of drug-likeness (QED) is 0.626. The van der Waals surface area contributed by atoms with Crippen molar-refractivity contribution in [2.24, 2.45) is 11.8 Å². The zero-order chi connectivity index (χ0) is 10.5. The molecule has 1 unspecified atom stereocenters. The molecule has 15 heavy (non-hydrogen) atoms. The highest BCUT2D eigenvalue weighted by Gasteiger charge is 2.21. The summed E-state index contributed by atoms with van der Waals surface area (Å²) >= 11 is 0. The second-order valence-electron chi connectivity index (χ2n) is 4.79. The van der Waals surface area contributed by atoms with Crippen LogP contribution in [0.15, 0.2) is 23.8 Å². The molecule has 2 rings (SSSR count). The van der Waals surface area contributed by atoms with E-state index in [4.69, 9.17) is 4.74 Å². The van der Waals surface area contributed by atoms with Gasteiger partial charge >= 0.3 is 0 Å². The molecule has 1 nitrogen and oxygen atoms in total. The van der Waals surface area contributed by atoms with Crippen LogP contribution in [0.5, 0.6) is 0 Å². The molecule has 0 aromatic heterocycles. The summed E-state index contributed by atoms with van der Waals surface area (Å²) in [6.45, 7) is 3.85. The van der Waals surface area contributed by atoms with Crippen LogP contribution in [-0.4, -0.2) is 13.2 Å². The van der Waals surface area contributed by atoms with Crippen LogP contribution < -0.4 is 0 Å². The van der Waals surface area contributed by atoms with Gasteiger partial charge in [-0.1, -0.05) is 37.5 Å². The van der Waals surface area contributed by atoms with E-state index in [2.05, 4.69) is 25.2 Å². The van der Waals surface area contributed by atoms with Gasteiger partial charge in [0.15, 0.2) is 0 Å². The van der Waals surface area contributed by atoms with Gasteiger partial charge in [0, 0.05) is 5.92 Å². The minimum atomic E-state index is 0.567. The zero-order valence-corrected chi connectivity index (χ0v) is 9.74. The van der Waals surface area contributed by atoms with E-state index in [0.717, 1.165) is 19.1 Å². The molecule has 0 amide bonds. The first kappa shape index (κ1) is 10.9. The largest absolute Gasteiger partial charge is 0.376 e. The van der Waals surface area contributed by atoms with Crippen molar-refractivity contribution in [1.82, 2.24) is 0 Å². The molecule has 1 saturated carbocycles. The van der Waals surface area contributed by atoms with Crippen molar-refractivity contribution in [3.63, 3.8) is 0 Å². The van der Waals surface area contributed by atoms with E-state index in [9.17, 15) is 0 Å². The Bertz CT molecular complexity index is 246. The van der Waals surface area contributed by atoms with Gasteiger partial charge in [0.05, 0.1) is 13.2 Å². The third-order valence-electron chi connectivity index (χ3n) is 3.57. The Morgan fingerprint density at radius 2 is 2.00 bits per heavy atom. The Hall–Kier alpha value is -0.560. The molecule has 84 valence electrons. The van der Waals surface area contributed by atoms with E-state index >= 15 is 0 Å². The van der Waals surface area contributed by atoms with Crippen molar-refractivity contribution < 1.29 is 4.74 Å². The lowest BCUT2D eigenvalue weighted by atomic mass is 9.86. The summed E-state index contributed by atoms with van der Waals surface area (Å²) in [5.41, 5.74) is 1.53. The fourth-order valence-corrected chi connectivity index (χ4v) is 2.70. The smallest absolute Gasteiger partial charge is 0.0683 e. The third kappa shape index (κ3) is 2.94. The molecule has 2 fully saturated rings. The number of allylic oxidation sites excluding steroid dienone is 2. The Labute approximate surface area is 93.2 Å². The van der Waals surface area contributed by atoms with Gasteiger partial charge < -0.3 is 4.74 Å². The van der Waals surface area contributed by atoms with E-state index in [-0.39, 0.29) is 0 Å². The van der Waals surface area contributed by atoms with Crippen LogP contribution in [0.1, 0.15) is 39.0 Å². The van der Waals surface area contributed by atoms with Gasteiger partial charge in [0.25, 0.3) is 0 Å². The maximum Gasteiger partial charge on any atom is 0.0683 e. The Morgan fingerprint density at radius 3 is 2.73 bits per heavy atom. The maximum absolute atomic E-state index is 5.54. The predicted molar refractivity (Wildman–Crippen MR) is 63.8 cm³/mol. The molecule has 2 aliphatic rings. The first-order valence-corrected chi connectivity index (χ1v) is 6.31. The van der Waals surface area contributed by atoms with Gasteiger partial charge in [-0.05, 0) is 31.3 Å². The van der Waals surface area contributed by atoms with Crippen LogP contribution >= 0.6 is 0 Å². The van der Waals surface area contributed by atoms with Crippen LogP contribution in [0.4, 0.5) is 0 Å². The molecule has 1 saturated heterocycles. The van der Waals surface area contributed by atoms with Crippen molar-refractivity contribution >= 4 is 0 Å². The van der Waals surface area contributed by atoms with Crippen molar-refractivity contribution in [1.29, 1.82) is 0 Å². The van der Waals surface area contributed by atoms with Gasteiger partial charge in [0.2, 0.25) is 0 Å². The standard InChI is InChI=1S/C14H22O/c1-2-6-13-10-15-11-14(13)9-12-7-4-3-5-8-12/h2,6,9,12-13H,3-5,7-8,10-11H2,1H3/b6-2+,14-9+. The van der Waals surface area contributed by atoms with Gasteiger partial charge in [0.1, 0.15) is 0 Å². The minimum absolute atomic E-state index is 0.567. The van der Waals surface area contributed by atoms with Crippen molar-refractivity contribution in [2.45, 2.75) is 39.0 Å². The summed E-state index contributed by atoms with van der Waals surface area (Å²) in [6.07, 6.45) is 14.0. The van der Waals surface area contributed by atoms with E-state index in [0.29, 0.717) is 5.92 Å². The molecule has 0 aromatic rings. The number of ether oxygens (including phenoxy) is 1. The van der Waals surface area contributed by atoms with Crippen LogP contribution in [0.25, 0.3) is 0 Å². The first-order chi connectivity index (χ1) is 7.40. The minimum Gasteiger partial charge on any atom is -0.376 e. The molecular weight excluding hydrogens is 184 g/mol. The average Bonchev–Trinajstić information content (AvgIpc) is 2.68. The number of hydrogen-bond donors (Lipinski definition) is 0. The molecule has 1 heteroatoms. The van der Waals surface area contributed by atoms with Crippen LogP contribution in [0.2, 0.25) is 0 Å². The second-order valence-corrected chi connectivity index (χ2v) is 4.79.